The van der Waals surface area contributed by atoms with Crippen molar-refractivity contribution >= 4 is 23.4 Å². The number of carbonyl (C=O) groups is 1. The van der Waals surface area contributed by atoms with Crippen molar-refractivity contribution < 1.29 is 27.8 Å². The average Bonchev–Trinajstić information content (AvgIpc) is 3.17. The highest BCUT2D eigenvalue weighted by atomic mass is 35.5. The van der Waals surface area contributed by atoms with Crippen LogP contribution in [0.3, 0.4) is 0 Å². The number of carbonyl (C=O) groups excluding carboxylic acids is 1. The molecule has 174 valence electrons. The Morgan fingerprint density at radius 1 is 1.30 bits per heavy atom. The number of nitrogens with one attached hydrogen (secondary N) is 1. The van der Waals surface area contributed by atoms with E-state index in [4.69, 9.17) is 16.3 Å². The Bertz CT molecular complexity index is 1160. The number of methoxy groups -OCH3 is 1. The molecule has 4 rings (SSSR count). The zero-order valence-electron chi connectivity index (χ0n) is 17.5. The molecule has 1 saturated heterocycles. The number of pyridine rings is 1. The lowest BCUT2D eigenvalue weighted by atomic mass is 9.95. The fourth-order valence-electron chi connectivity index (χ4n) is 3.91. The van der Waals surface area contributed by atoms with Gasteiger partial charge in [-0.2, -0.15) is 0 Å². The first-order valence-electron chi connectivity index (χ1n) is 10.1. The zero-order valence-corrected chi connectivity index (χ0v) is 18.2. The van der Waals surface area contributed by atoms with Crippen LogP contribution in [0.15, 0.2) is 46.7 Å². The number of benzene rings is 1. The molecule has 0 radical (unpaired) electrons. The number of aromatic nitrogens is 1. The minimum absolute atomic E-state index is 0.00915. The summed E-state index contributed by atoms with van der Waals surface area (Å²) in [5.74, 6) is -3.16. The lowest BCUT2D eigenvalue weighted by molar-refractivity contribution is -0.136. The van der Waals surface area contributed by atoms with Crippen LogP contribution in [-0.2, 0) is 9.53 Å². The quantitative estimate of drug-likeness (QED) is 0.640. The van der Waals surface area contributed by atoms with Crippen LogP contribution in [0.1, 0.15) is 23.7 Å². The number of aliphatic imine (C=N–C) groups is 1. The Morgan fingerprint density at radius 2 is 2.09 bits per heavy atom. The predicted octanol–water partition coefficient (Wildman–Crippen LogP) is 2.74. The van der Waals surface area contributed by atoms with Gasteiger partial charge >= 0.3 is 5.97 Å². The second-order valence-corrected chi connectivity index (χ2v) is 8.12. The van der Waals surface area contributed by atoms with Crippen molar-refractivity contribution in [3.63, 3.8) is 0 Å². The molecule has 0 aliphatic carbocycles. The van der Waals surface area contributed by atoms with Crippen LogP contribution >= 0.6 is 11.6 Å². The minimum Gasteiger partial charge on any atom is -0.466 e. The molecule has 2 atom stereocenters. The van der Waals surface area contributed by atoms with E-state index in [1.807, 2.05) is 4.90 Å². The lowest BCUT2D eigenvalue weighted by Gasteiger charge is -2.29. The van der Waals surface area contributed by atoms with Crippen molar-refractivity contribution in [2.45, 2.75) is 18.6 Å². The summed E-state index contributed by atoms with van der Waals surface area (Å²) in [6.07, 6.45) is 0.893. The van der Waals surface area contributed by atoms with Crippen molar-refractivity contribution in [1.29, 1.82) is 0 Å². The molecule has 2 N–H and O–H groups in total. The normalized spacial score (nSPS) is 21.1. The Morgan fingerprint density at radius 3 is 2.73 bits per heavy atom. The smallest absolute Gasteiger partial charge is 0.338 e. The number of ether oxygens (including phenoxy) is 1. The number of aliphatic hydroxyl groups is 1. The molecular formula is C22H20ClF3N4O3. The number of amidine groups is 1. The molecule has 1 aromatic heterocycles. The number of rotatable bonds is 5. The first-order valence-corrected chi connectivity index (χ1v) is 10.5. The van der Waals surface area contributed by atoms with E-state index >= 15 is 0 Å². The van der Waals surface area contributed by atoms with Gasteiger partial charge in [0, 0.05) is 42.0 Å². The van der Waals surface area contributed by atoms with E-state index < -0.39 is 35.6 Å². The van der Waals surface area contributed by atoms with E-state index in [2.05, 4.69) is 15.3 Å². The summed E-state index contributed by atoms with van der Waals surface area (Å²) in [6, 6.07) is 3.22. The van der Waals surface area contributed by atoms with Gasteiger partial charge in [-0.05, 0) is 18.6 Å². The highest BCUT2D eigenvalue weighted by Gasteiger charge is 2.35. The monoisotopic (exact) mass is 480 g/mol. The Labute approximate surface area is 192 Å². The van der Waals surface area contributed by atoms with Crippen LogP contribution in [0.5, 0.6) is 0 Å². The third-order valence-electron chi connectivity index (χ3n) is 5.45. The van der Waals surface area contributed by atoms with Gasteiger partial charge in [-0.1, -0.05) is 17.7 Å². The highest BCUT2D eigenvalue weighted by molar-refractivity contribution is 6.31. The van der Waals surface area contributed by atoms with Crippen LogP contribution < -0.4 is 5.32 Å². The van der Waals surface area contributed by atoms with E-state index in [1.165, 1.54) is 19.2 Å². The van der Waals surface area contributed by atoms with Crippen molar-refractivity contribution in [3.8, 4) is 0 Å². The van der Waals surface area contributed by atoms with Gasteiger partial charge in [-0.25, -0.2) is 22.9 Å². The van der Waals surface area contributed by atoms with Gasteiger partial charge in [0.05, 0.1) is 25.0 Å². The lowest BCUT2D eigenvalue weighted by Crippen LogP contribution is -2.40. The summed E-state index contributed by atoms with van der Waals surface area (Å²) in [5, 5.41) is 12.8. The van der Waals surface area contributed by atoms with Crippen molar-refractivity contribution in [1.82, 2.24) is 15.2 Å². The molecule has 2 aliphatic heterocycles. The van der Waals surface area contributed by atoms with Crippen LogP contribution in [-0.4, -0.2) is 59.6 Å². The molecule has 2 aliphatic rings. The van der Waals surface area contributed by atoms with Crippen molar-refractivity contribution in [3.05, 3.63) is 75.5 Å². The summed E-state index contributed by atoms with van der Waals surface area (Å²) in [4.78, 5) is 23.0. The number of likely N-dealkylation sites (tertiary alicyclic amines) is 1. The molecule has 1 unspecified atom stereocenters. The van der Waals surface area contributed by atoms with Crippen LogP contribution in [0.2, 0.25) is 5.02 Å². The summed E-state index contributed by atoms with van der Waals surface area (Å²) >= 11 is 6.27. The van der Waals surface area contributed by atoms with Gasteiger partial charge < -0.3 is 15.2 Å². The Kier molecular flexibility index (Phi) is 6.68. The van der Waals surface area contributed by atoms with Crippen LogP contribution in [0.25, 0.3) is 0 Å². The van der Waals surface area contributed by atoms with Gasteiger partial charge in [0.15, 0.2) is 11.7 Å². The van der Waals surface area contributed by atoms with E-state index in [-0.39, 0.29) is 28.7 Å². The molecule has 0 amide bonds. The second kappa shape index (κ2) is 9.50. The molecule has 2 aromatic rings. The number of aliphatic hydroxyl groups excluding tert-OH is 1. The topological polar surface area (TPSA) is 87.0 Å². The molecular weight excluding hydrogens is 461 g/mol. The summed E-state index contributed by atoms with van der Waals surface area (Å²) < 4.78 is 46.6. The number of β-amino-alcohol motifs (C(OH)–C–C–N with tert-alkyl or cyclic N) is 1. The minimum atomic E-state index is -1.07. The van der Waals surface area contributed by atoms with E-state index in [1.54, 1.807) is 0 Å². The fourth-order valence-corrected chi connectivity index (χ4v) is 4.18. The third kappa shape index (κ3) is 4.87. The molecule has 0 saturated carbocycles. The number of nitrogens with zero attached hydrogens (tertiary/aromatic N) is 3. The molecule has 1 aromatic carbocycles. The molecule has 33 heavy (non-hydrogen) atoms. The number of hydrogen-bond acceptors (Lipinski definition) is 7. The largest absolute Gasteiger partial charge is 0.466 e. The molecule has 7 nitrogen and oxygen atoms in total. The molecule has 0 bridgehead atoms. The molecule has 0 spiro atoms. The average molecular weight is 481 g/mol. The van der Waals surface area contributed by atoms with Crippen molar-refractivity contribution in [2.24, 2.45) is 4.99 Å². The maximum atomic E-state index is 14.6. The highest BCUT2D eigenvalue weighted by Crippen LogP contribution is 2.37. The van der Waals surface area contributed by atoms with E-state index in [0.29, 0.717) is 36.8 Å². The van der Waals surface area contributed by atoms with Gasteiger partial charge in [0.25, 0.3) is 0 Å². The van der Waals surface area contributed by atoms with Gasteiger partial charge in [-0.15, -0.1) is 0 Å². The van der Waals surface area contributed by atoms with E-state index in [0.717, 1.165) is 12.3 Å². The summed E-state index contributed by atoms with van der Waals surface area (Å²) in [6.45, 7) is 1.12. The summed E-state index contributed by atoms with van der Waals surface area (Å²) in [5.41, 5.74) is 0.456. The van der Waals surface area contributed by atoms with Gasteiger partial charge in [0.2, 0.25) is 0 Å². The number of esters is 1. The first-order chi connectivity index (χ1) is 15.8. The Hall–Kier alpha value is -2.95. The zero-order chi connectivity index (χ0) is 23.7. The standard InChI is InChI=1S/C22H20ClF3N4O3/c1-33-22(32)18-17(10-30-5-4-13(31)9-30)28-21(20-16(26)7-12(25)8-27-20)29-19(18)14-3-2-11(24)6-15(14)23/h2-3,6-8,13,19,31H,4-5,9-10H2,1H3,(H,28,29)/t13?,19-/m0/s1. The van der Waals surface area contributed by atoms with Crippen LogP contribution in [0, 0.1) is 17.5 Å². The second-order valence-electron chi connectivity index (χ2n) is 7.72. The Balaban J connectivity index is 1.86. The molecule has 1 fully saturated rings. The van der Waals surface area contributed by atoms with Gasteiger partial charge in [-0.3, -0.25) is 9.89 Å². The third-order valence-corrected chi connectivity index (χ3v) is 5.78. The van der Waals surface area contributed by atoms with Crippen molar-refractivity contribution in [2.75, 3.05) is 26.7 Å². The number of halogens is 4. The maximum absolute atomic E-state index is 14.6. The predicted molar refractivity (Wildman–Crippen MR) is 114 cm³/mol. The molecule has 11 heteroatoms. The maximum Gasteiger partial charge on any atom is 0.338 e. The molecule has 3 heterocycles. The number of hydrogen-bond donors (Lipinski definition) is 2. The SMILES string of the molecule is COC(=O)C1=C(CN2CCC(O)C2)NC(c2ncc(F)cc2F)=N[C@H]1c1ccc(F)cc1Cl. The first kappa shape index (κ1) is 23.2. The van der Waals surface area contributed by atoms with Gasteiger partial charge in [0.1, 0.15) is 23.4 Å². The van der Waals surface area contributed by atoms with Crippen LogP contribution in [0.4, 0.5) is 13.2 Å². The van der Waals surface area contributed by atoms with E-state index in [9.17, 15) is 23.1 Å². The summed E-state index contributed by atoms with van der Waals surface area (Å²) in [7, 11) is 1.20. The fraction of sp³-hybridized carbons (Fsp3) is 0.318.